The van der Waals surface area contributed by atoms with Crippen molar-refractivity contribution in [2.24, 2.45) is 5.92 Å². The van der Waals surface area contributed by atoms with Crippen molar-refractivity contribution < 1.29 is 4.43 Å². The van der Waals surface area contributed by atoms with Gasteiger partial charge in [0.25, 0.3) is 0 Å². The summed E-state index contributed by atoms with van der Waals surface area (Å²) in [6.07, 6.45) is 1.03. The second-order valence-corrected chi connectivity index (χ2v) is 3.13. The summed E-state index contributed by atoms with van der Waals surface area (Å²) in [5.41, 5.74) is 1.30. The summed E-state index contributed by atoms with van der Waals surface area (Å²) in [6, 6.07) is 0. The fraction of sp³-hybridized carbons (Fsp3) is 0.714. The maximum absolute atomic E-state index is 5.04. The number of hydrogen-bond acceptors (Lipinski definition) is 1. The van der Waals surface area contributed by atoms with Gasteiger partial charge in [0.05, 0.1) is 0 Å². The summed E-state index contributed by atoms with van der Waals surface area (Å²) in [7, 11) is 0.849. The summed E-state index contributed by atoms with van der Waals surface area (Å²) >= 11 is 0. The third-order valence-corrected chi connectivity index (χ3v) is 1.85. The predicted octanol–water partition coefficient (Wildman–Crippen LogP) is 0.886. The minimum atomic E-state index is 0.613. The molecule has 0 atom stereocenters. The third kappa shape index (κ3) is 4.42. The van der Waals surface area contributed by atoms with Crippen molar-refractivity contribution in [2.75, 3.05) is 6.61 Å². The zero-order valence-electron chi connectivity index (χ0n) is 6.61. The zero-order chi connectivity index (χ0) is 7.28. The van der Waals surface area contributed by atoms with E-state index in [-0.39, 0.29) is 0 Å². The Morgan fingerprint density at radius 2 is 2.22 bits per heavy atom. The van der Waals surface area contributed by atoms with Crippen LogP contribution in [0.25, 0.3) is 0 Å². The number of rotatable bonds is 4. The van der Waals surface area contributed by atoms with Gasteiger partial charge in [-0.25, -0.2) is 0 Å². The van der Waals surface area contributed by atoms with Crippen LogP contribution in [0, 0.1) is 5.92 Å². The van der Waals surface area contributed by atoms with E-state index >= 15 is 0 Å². The van der Waals surface area contributed by atoms with E-state index in [1.165, 1.54) is 5.57 Å². The maximum Gasteiger partial charge on any atom is 0.145 e. The molecule has 0 heterocycles. The highest BCUT2D eigenvalue weighted by Crippen LogP contribution is 2.09. The molecule has 0 N–H and O–H groups in total. The Morgan fingerprint density at radius 1 is 1.67 bits per heavy atom. The third-order valence-electron chi connectivity index (χ3n) is 1.44. The molecule has 0 aliphatic carbocycles. The molecule has 0 amide bonds. The summed E-state index contributed by atoms with van der Waals surface area (Å²) in [4.78, 5) is 0. The molecule has 1 nitrogen and oxygen atoms in total. The summed E-state index contributed by atoms with van der Waals surface area (Å²) in [5.74, 6) is 0.613. The summed E-state index contributed by atoms with van der Waals surface area (Å²) < 4.78 is 5.04. The second kappa shape index (κ2) is 4.76. The molecule has 0 unspecified atom stereocenters. The molecule has 0 saturated carbocycles. The van der Waals surface area contributed by atoms with Crippen LogP contribution in [0.3, 0.4) is 0 Å². The van der Waals surface area contributed by atoms with E-state index in [1.54, 1.807) is 0 Å². The van der Waals surface area contributed by atoms with Gasteiger partial charge in [0, 0.05) is 6.61 Å². The second-order valence-electron chi connectivity index (χ2n) is 2.56. The lowest BCUT2D eigenvalue weighted by atomic mass is 10.0. The molecule has 0 aliphatic rings. The minimum absolute atomic E-state index is 0.613. The van der Waals surface area contributed by atoms with Crippen molar-refractivity contribution in [3.8, 4) is 0 Å². The van der Waals surface area contributed by atoms with E-state index in [4.69, 9.17) is 4.43 Å². The van der Waals surface area contributed by atoms with Crippen molar-refractivity contribution in [2.45, 2.75) is 20.3 Å². The first-order valence-electron chi connectivity index (χ1n) is 3.35. The van der Waals surface area contributed by atoms with Gasteiger partial charge >= 0.3 is 0 Å². The first-order chi connectivity index (χ1) is 4.18. The van der Waals surface area contributed by atoms with Gasteiger partial charge in [0.1, 0.15) is 10.5 Å². The fourth-order valence-corrected chi connectivity index (χ4v) is 0.726. The van der Waals surface area contributed by atoms with Crippen LogP contribution in [0.1, 0.15) is 20.3 Å². The Balaban J connectivity index is 3.28. The minimum Gasteiger partial charge on any atom is -0.428 e. The molecule has 0 radical (unpaired) electrons. The molecule has 0 spiro atoms. The highest BCUT2D eigenvalue weighted by Gasteiger charge is 1.97. The Labute approximate surface area is 60.6 Å². The largest absolute Gasteiger partial charge is 0.428 e. The fourth-order valence-electron chi connectivity index (χ4n) is 0.522. The van der Waals surface area contributed by atoms with E-state index < -0.39 is 0 Å². The van der Waals surface area contributed by atoms with Crippen molar-refractivity contribution >= 4 is 10.5 Å². The van der Waals surface area contributed by atoms with E-state index in [1.807, 2.05) is 0 Å². The van der Waals surface area contributed by atoms with Crippen molar-refractivity contribution in [3.63, 3.8) is 0 Å². The molecule has 0 aromatic rings. The van der Waals surface area contributed by atoms with Gasteiger partial charge in [-0.1, -0.05) is 26.0 Å². The molecule has 0 saturated heterocycles. The van der Waals surface area contributed by atoms with Gasteiger partial charge in [-0.15, -0.1) is 0 Å². The Bertz CT molecular complexity index is 88.9. The molecule has 0 fully saturated rings. The van der Waals surface area contributed by atoms with E-state index in [0.717, 1.165) is 23.5 Å². The van der Waals surface area contributed by atoms with E-state index in [2.05, 4.69) is 20.4 Å². The van der Waals surface area contributed by atoms with Crippen LogP contribution < -0.4 is 0 Å². The van der Waals surface area contributed by atoms with Gasteiger partial charge in [-0.2, -0.15) is 0 Å². The summed E-state index contributed by atoms with van der Waals surface area (Å²) in [5, 5.41) is 0. The summed E-state index contributed by atoms with van der Waals surface area (Å²) in [6.45, 7) is 9.12. The van der Waals surface area contributed by atoms with Crippen LogP contribution >= 0.6 is 0 Å². The normalized spacial score (nSPS) is 10.6. The van der Waals surface area contributed by atoms with Crippen LogP contribution in [0.15, 0.2) is 12.2 Å². The Hall–Kier alpha value is -0.0831. The quantitative estimate of drug-likeness (QED) is 0.420. The van der Waals surface area contributed by atoms with Crippen LogP contribution in [-0.4, -0.2) is 17.1 Å². The SMILES string of the molecule is C=C(CCO[SiH3])C(C)C. The Morgan fingerprint density at radius 3 is 2.56 bits per heavy atom. The van der Waals surface area contributed by atoms with Crippen LogP contribution in [0.4, 0.5) is 0 Å². The lowest BCUT2D eigenvalue weighted by Crippen LogP contribution is -1.97. The highest BCUT2D eigenvalue weighted by atomic mass is 28.2. The monoisotopic (exact) mass is 144 g/mol. The molecule has 0 rings (SSSR count). The van der Waals surface area contributed by atoms with Gasteiger partial charge in [0.2, 0.25) is 0 Å². The highest BCUT2D eigenvalue weighted by molar-refractivity contribution is 5.97. The van der Waals surface area contributed by atoms with Gasteiger partial charge in [-0.05, 0) is 12.3 Å². The van der Waals surface area contributed by atoms with Crippen molar-refractivity contribution in [1.82, 2.24) is 0 Å². The first kappa shape index (κ1) is 8.92. The molecular formula is C7H16OSi. The van der Waals surface area contributed by atoms with Crippen molar-refractivity contribution in [1.29, 1.82) is 0 Å². The lowest BCUT2D eigenvalue weighted by molar-refractivity contribution is 0.349. The van der Waals surface area contributed by atoms with Crippen LogP contribution in [0.2, 0.25) is 0 Å². The van der Waals surface area contributed by atoms with E-state index in [9.17, 15) is 0 Å². The average molecular weight is 144 g/mol. The smallest absolute Gasteiger partial charge is 0.145 e. The standard InChI is InChI=1S/C7H16OSi/c1-6(2)7(3)4-5-8-9/h6H,3-5H2,1-2,9H3. The maximum atomic E-state index is 5.04. The van der Waals surface area contributed by atoms with Gasteiger partial charge < -0.3 is 4.43 Å². The van der Waals surface area contributed by atoms with Crippen molar-refractivity contribution in [3.05, 3.63) is 12.2 Å². The number of hydrogen-bond donors (Lipinski definition) is 0. The first-order valence-corrected chi connectivity index (χ1v) is 4.16. The molecule has 9 heavy (non-hydrogen) atoms. The average Bonchev–Trinajstić information content (AvgIpc) is 1.82. The lowest BCUT2D eigenvalue weighted by Gasteiger charge is -2.07. The van der Waals surface area contributed by atoms with Gasteiger partial charge in [0.15, 0.2) is 0 Å². The molecule has 0 aromatic carbocycles. The zero-order valence-corrected chi connectivity index (χ0v) is 8.61. The van der Waals surface area contributed by atoms with E-state index in [0.29, 0.717) is 5.92 Å². The molecule has 0 aromatic heterocycles. The molecular weight excluding hydrogens is 128 g/mol. The van der Waals surface area contributed by atoms with Crippen LogP contribution in [-0.2, 0) is 4.43 Å². The molecule has 54 valence electrons. The molecule has 0 bridgehead atoms. The topological polar surface area (TPSA) is 9.23 Å². The Kier molecular flexibility index (Phi) is 4.72. The predicted molar refractivity (Wildman–Crippen MR) is 44.5 cm³/mol. The van der Waals surface area contributed by atoms with Gasteiger partial charge in [-0.3, -0.25) is 0 Å². The van der Waals surface area contributed by atoms with Crippen LogP contribution in [0.5, 0.6) is 0 Å². The molecule has 2 heteroatoms. The molecule has 0 aliphatic heterocycles.